The molecule has 2 aromatic rings. The van der Waals surface area contributed by atoms with Gasteiger partial charge in [0.05, 0.1) is 5.75 Å². The molecule has 0 heterocycles. The Morgan fingerprint density at radius 1 is 1.00 bits per heavy atom. The van der Waals surface area contributed by atoms with E-state index in [0.29, 0.717) is 24.8 Å². The molecule has 0 saturated carbocycles. The smallest absolute Gasteiger partial charge is 0.242 e. The van der Waals surface area contributed by atoms with Gasteiger partial charge >= 0.3 is 0 Å². The summed E-state index contributed by atoms with van der Waals surface area (Å²) in [6, 6.07) is 15.8. The number of benzene rings is 2. The van der Waals surface area contributed by atoms with Gasteiger partial charge in [0.2, 0.25) is 11.8 Å². The molecule has 1 atom stereocenters. The molecule has 0 aliphatic heterocycles. The first-order valence-corrected chi connectivity index (χ1v) is 11.7. The van der Waals surface area contributed by atoms with Crippen LogP contribution < -0.4 is 5.32 Å². The van der Waals surface area contributed by atoms with Crippen molar-refractivity contribution in [3.8, 4) is 0 Å². The van der Waals surface area contributed by atoms with Gasteiger partial charge < -0.3 is 10.2 Å². The topological polar surface area (TPSA) is 49.4 Å². The third-order valence-corrected chi connectivity index (χ3v) is 6.04. The maximum atomic E-state index is 13.1. The minimum atomic E-state index is -0.517. The second-order valence-electron chi connectivity index (χ2n) is 8.24. The Labute approximate surface area is 185 Å². The number of nitrogens with one attached hydrogen (secondary N) is 1. The molecule has 0 aromatic heterocycles. The van der Waals surface area contributed by atoms with E-state index in [9.17, 15) is 9.59 Å². The van der Waals surface area contributed by atoms with Gasteiger partial charge in [-0.1, -0.05) is 67.9 Å². The number of amides is 2. The highest BCUT2D eigenvalue weighted by Gasteiger charge is 2.26. The van der Waals surface area contributed by atoms with Gasteiger partial charge in [-0.2, -0.15) is 0 Å². The first-order chi connectivity index (χ1) is 14.3. The van der Waals surface area contributed by atoms with Crippen molar-refractivity contribution in [2.45, 2.75) is 53.0 Å². The SMILES string of the molecule is Cc1ccc(CN(C(=O)CSCc2ccccc2C)[C@H](C)C(=O)NCC(C)C)cc1. The number of thioether (sulfide) groups is 1. The largest absolute Gasteiger partial charge is 0.354 e. The third kappa shape index (κ3) is 7.52. The molecule has 0 bridgehead atoms. The van der Waals surface area contributed by atoms with Crippen LogP contribution >= 0.6 is 11.8 Å². The lowest BCUT2D eigenvalue weighted by Gasteiger charge is -2.29. The fraction of sp³-hybridized carbons (Fsp3) is 0.440. The van der Waals surface area contributed by atoms with Gasteiger partial charge in [0.15, 0.2) is 0 Å². The van der Waals surface area contributed by atoms with E-state index in [1.165, 1.54) is 16.7 Å². The summed E-state index contributed by atoms with van der Waals surface area (Å²) in [7, 11) is 0. The zero-order chi connectivity index (χ0) is 22.1. The Hall–Kier alpha value is -2.27. The molecule has 1 N–H and O–H groups in total. The minimum Gasteiger partial charge on any atom is -0.354 e. The van der Waals surface area contributed by atoms with Crippen molar-refractivity contribution < 1.29 is 9.59 Å². The van der Waals surface area contributed by atoms with Crippen molar-refractivity contribution in [2.75, 3.05) is 12.3 Å². The van der Waals surface area contributed by atoms with Crippen LogP contribution in [0.4, 0.5) is 0 Å². The molecule has 2 amide bonds. The lowest BCUT2D eigenvalue weighted by Crippen LogP contribution is -2.48. The highest BCUT2D eigenvalue weighted by atomic mass is 32.2. The van der Waals surface area contributed by atoms with E-state index in [-0.39, 0.29) is 11.8 Å². The maximum absolute atomic E-state index is 13.1. The molecule has 0 spiro atoms. The minimum absolute atomic E-state index is 0.0126. The van der Waals surface area contributed by atoms with Crippen LogP contribution in [0.2, 0.25) is 0 Å². The van der Waals surface area contributed by atoms with Crippen LogP contribution in [-0.2, 0) is 21.9 Å². The van der Waals surface area contributed by atoms with Crippen molar-refractivity contribution in [1.82, 2.24) is 10.2 Å². The van der Waals surface area contributed by atoms with Gasteiger partial charge in [-0.3, -0.25) is 9.59 Å². The second kappa shape index (κ2) is 11.8. The zero-order valence-electron chi connectivity index (χ0n) is 18.8. The molecule has 4 nitrogen and oxygen atoms in total. The van der Waals surface area contributed by atoms with E-state index in [1.807, 2.05) is 50.2 Å². The quantitative estimate of drug-likeness (QED) is 0.598. The van der Waals surface area contributed by atoms with Crippen LogP contribution in [0.15, 0.2) is 48.5 Å². The summed E-state index contributed by atoms with van der Waals surface area (Å²) < 4.78 is 0. The standard InChI is InChI=1S/C25H34N2O2S/c1-18(2)14-26-25(29)21(5)27(15-22-12-10-19(3)11-13-22)24(28)17-30-16-23-9-7-6-8-20(23)4/h6-13,18,21H,14-17H2,1-5H3,(H,26,29)/t21-/m1/s1. The van der Waals surface area contributed by atoms with E-state index in [4.69, 9.17) is 0 Å². The molecule has 0 saturated heterocycles. The normalized spacial score (nSPS) is 11.9. The van der Waals surface area contributed by atoms with Gasteiger partial charge in [-0.15, -0.1) is 11.8 Å². The Balaban J connectivity index is 2.06. The van der Waals surface area contributed by atoms with Crippen LogP contribution in [0.5, 0.6) is 0 Å². The molecule has 0 aliphatic carbocycles. The van der Waals surface area contributed by atoms with Crippen molar-refractivity contribution in [3.05, 3.63) is 70.8 Å². The van der Waals surface area contributed by atoms with Crippen LogP contribution in [0.1, 0.15) is 43.0 Å². The molecule has 0 aliphatic rings. The van der Waals surface area contributed by atoms with E-state index in [0.717, 1.165) is 11.3 Å². The van der Waals surface area contributed by atoms with Gasteiger partial charge in [-0.05, 0) is 43.4 Å². The Kier molecular flexibility index (Phi) is 9.44. The second-order valence-corrected chi connectivity index (χ2v) is 9.23. The molecule has 162 valence electrons. The summed E-state index contributed by atoms with van der Waals surface area (Å²) in [6.45, 7) is 11.1. The molecule has 0 radical (unpaired) electrons. The van der Waals surface area contributed by atoms with Crippen LogP contribution in [-0.4, -0.2) is 35.1 Å². The molecule has 30 heavy (non-hydrogen) atoms. The lowest BCUT2D eigenvalue weighted by atomic mass is 10.1. The predicted octanol–water partition coefficient (Wildman–Crippen LogP) is 4.73. The van der Waals surface area contributed by atoms with Gasteiger partial charge in [0, 0.05) is 18.8 Å². The Morgan fingerprint density at radius 3 is 2.30 bits per heavy atom. The summed E-state index contributed by atoms with van der Waals surface area (Å²) in [5.41, 5.74) is 4.67. The Bertz CT molecular complexity index is 833. The molecule has 2 rings (SSSR count). The highest BCUT2D eigenvalue weighted by molar-refractivity contribution is 7.99. The van der Waals surface area contributed by atoms with Crippen molar-refractivity contribution >= 4 is 23.6 Å². The molecule has 0 unspecified atom stereocenters. The third-order valence-electron chi connectivity index (χ3n) is 5.07. The molecule has 5 heteroatoms. The first-order valence-electron chi connectivity index (χ1n) is 10.5. The maximum Gasteiger partial charge on any atom is 0.242 e. The van der Waals surface area contributed by atoms with E-state index < -0.39 is 6.04 Å². The summed E-state index contributed by atoms with van der Waals surface area (Å²) >= 11 is 1.59. The Morgan fingerprint density at radius 2 is 1.67 bits per heavy atom. The van der Waals surface area contributed by atoms with Crippen molar-refractivity contribution in [1.29, 1.82) is 0 Å². The average Bonchev–Trinajstić information content (AvgIpc) is 2.72. The number of hydrogen-bond acceptors (Lipinski definition) is 3. The van der Waals surface area contributed by atoms with Crippen LogP contribution in [0, 0.1) is 19.8 Å². The zero-order valence-corrected chi connectivity index (χ0v) is 19.6. The van der Waals surface area contributed by atoms with Gasteiger partial charge in [0.1, 0.15) is 6.04 Å². The monoisotopic (exact) mass is 426 g/mol. The number of nitrogens with zero attached hydrogens (tertiary/aromatic N) is 1. The van der Waals surface area contributed by atoms with Crippen LogP contribution in [0.3, 0.4) is 0 Å². The first kappa shape index (κ1) is 24.0. The van der Waals surface area contributed by atoms with Crippen molar-refractivity contribution in [3.63, 3.8) is 0 Å². The number of hydrogen-bond donors (Lipinski definition) is 1. The van der Waals surface area contributed by atoms with E-state index in [2.05, 4.69) is 38.2 Å². The van der Waals surface area contributed by atoms with E-state index >= 15 is 0 Å². The molecular weight excluding hydrogens is 392 g/mol. The summed E-state index contributed by atoms with van der Waals surface area (Å²) in [4.78, 5) is 27.5. The fourth-order valence-corrected chi connectivity index (χ4v) is 4.01. The molecule has 2 aromatic carbocycles. The number of carbonyl (C=O) groups excluding carboxylic acids is 2. The van der Waals surface area contributed by atoms with Gasteiger partial charge in [-0.25, -0.2) is 0 Å². The summed E-state index contributed by atoms with van der Waals surface area (Å²) in [5.74, 6) is 1.38. The summed E-state index contributed by atoms with van der Waals surface area (Å²) in [5, 5.41) is 2.96. The van der Waals surface area contributed by atoms with Gasteiger partial charge in [0.25, 0.3) is 0 Å². The molecule has 0 fully saturated rings. The highest BCUT2D eigenvalue weighted by Crippen LogP contribution is 2.18. The number of carbonyl (C=O) groups is 2. The average molecular weight is 427 g/mol. The summed E-state index contributed by atoms with van der Waals surface area (Å²) in [6.07, 6.45) is 0. The van der Waals surface area contributed by atoms with Crippen LogP contribution in [0.25, 0.3) is 0 Å². The lowest BCUT2D eigenvalue weighted by molar-refractivity contribution is -0.138. The fourth-order valence-electron chi connectivity index (χ4n) is 3.03. The van der Waals surface area contributed by atoms with E-state index in [1.54, 1.807) is 16.7 Å². The molecular formula is C25H34N2O2S. The number of aryl methyl sites for hydroxylation is 2. The van der Waals surface area contributed by atoms with Crippen molar-refractivity contribution in [2.24, 2.45) is 5.92 Å². The predicted molar refractivity (Wildman–Crippen MR) is 126 cm³/mol. The number of rotatable bonds is 10.